The SMILES string of the molecule is O=[N+]([O-])c1ccc(CNCC2CCN(C3CC3)C2)c(Cl)c1. The van der Waals surface area contributed by atoms with Crippen molar-refractivity contribution in [1.29, 1.82) is 0 Å². The fourth-order valence-electron chi connectivity index (χ4n) is 3.00. The third-order valence-electron chi connectivity index (χ3n) is 4.38. The number of hydrogen-bond donors (Lipinski definition) is 1. The average molecular weight is 310 g/mol. The minimum Gasteiger partial charge on any atom is -0.312 e. The van der Waals surface area contributed by atoms with Gasteiger partial charge in [-0.25, -0.2) is 0 Å². The van der Waals surface area contributed by atoms with Crippen LogP contribution >= 0.6 is 11.6 Å². The molecular formula is C15H20ClN3O2. The minimum atomic E-state index is -0.423. The maximum Gasteiger partial charge on any atom is 0.270 e. The maximum atomic E-state index is 10.7. The summed E-state index contributed by atoms with van der Waals surface area (Å²) in [6.07, 6.45) is 4.01. The molecule has 0 bridgehead atoms. The number of nitrogens with one attached hydrogen (secondary N) is 1. The van der Waals surface area contributed by atoms with Gasteiger partial charge < -0.3 is 10.2 Å². The zero-order chi connectivity index (χ0) is 14.8. The number of nitrogens with zero attached hydrogens (tertiary/aromatic N) is 2. The highest BCUT2D eigenvalue weighted by molar-refractivity contribution is 6.31. The minimum absolute atomic E-state index is 0.0413. The van der Waals surface area contributed by atoms with E-state index in [1.807, 2.05) is 0 Å². The van der Waals surface area contributed by atoms with Crippen molar-refractivity contribution in [3.63, 3.8) is 0 Å². The molecular weight excluding hydrogens is 290 g/mol. The fraction of sp³-hybridized carbons (Fsp3) is 0.600. The van der Waals surface area contributed by atoms with Crippen LogP contribution < -0.4 is 5.32 Å². The lowest BCUT2D eigenvalue weighted by atomic mass is 10.1. The lowest BCUT2D eigenvalue weighted by Crippen LogP contribution is -2.27. The number of rotatable bonds is 6. The summed E-state index contributed by atoms with van der Waals surface area (Å²) < 4.78 is 0. The topological polar surface area (TPSA) is 58.4 Å². The van der Waals surface area contributed by atoms with E-state index in [0.29, 0.717) is 17.5 Å². The van der Waals surface area contributed by atoms with Crippen LogP contribution in [0.4, 0.5) is 5.69 Å². The van der Waals surface area contributed by atoms with Crippen molar-refractivity contribution in [3.05, 3.63) is 38.9 Å². The summed E-state index contributed by atoms with van der Waals surface area (Å²) in [4.78, 5) is 12.8. The molecule has 1 atom stereocenters. The zero-order valence-electron chi connectivity index (χ0n) is 11.9. The Balaban J connectivity index is 1.46. The highest BCUT2D eigenvalue weighted by Crippen LogP contribution is 2.31. The Hall–Kier alpha value is -1.17. The van der Waals surface area contributed by atoms with Gasteiger partial charge >= 0.3 is 0 Å². The maximum absolute atomic E-state index is 10.7. The summed E-state index contributed by atoms with van der Waals surface area (Å²) >= 11 is 6.09. The van der Waals surface area contributed by atoms with Crippen LogP contribution in [0.15, 0.2) is 18.2 Å². The molecule has 0 spiro atoms. The van der Waals surface area contributed by atoms with Gasteiger partial charge in [-0.15, -0.1) is 0 Å². The monoisotopic (exact) mass is 309 g/mol. The molecule has 0 aromatic heterocycles. The molecule has 1 saturated heterocycles. The van der Waals surface area contributed by atoms with Crippen molar-refractivity contribution in [2.24, 2.45) is 5.92 Å². The van der Waals surface area contributed by atoms with Gasteiger partial charge in [0.2, 0.25) is 0 Å². The molecule has 1 aliphatic carbocycles. The summed E-state index contributed by atoms with van der Waals surface area (Å²) in [5, 5.41) is 14.6. The van der Waals surface area contributed by atoms with Crippen LogP contribution in [-0.4, -0.2) is 35.5 Å². The normalized spacial score (nSPS) is 22.6. The second-order valence-corrected chi connectivity index (χ2v) is 6.45. The van der Waals surface area contributed by atoms with Gasteiger partial charge in [0.15, 0.2) is 0 Å². The first-order valence-electron chi connectivity index (χ1n) is 7.51. The third kappa shape index (κ3) is 3.73. The van der Waals surface area contributed by atoms with E-state index in [1.165, 1.54) is 44.5 Å². The number of hydrogen-bond acceptors (Lipinski definition) is 4. The number of benzene rings is 1. The zero-order valence-corrected chi connectivity index (χ0v) is 12.7. The summed E-state index contributed by atoms with van der Waals surface area (Å²) in [6.45, 7) is 4.08. The molecule has 21 heavy (non-hydrogen) atoms. The van der Waals surface area contributed by atoms with Crippen LogP contribution in [-0.2, 0) is 6.54 Å². The number of nitro groups is 1. The largest absolute Gasteiger partial charge is 0.312 e. The van der Waals surface area contributed by atoms with E-state index in [0.717, 1.165) is 18.2 Å². The van der Waals surface area contributed by atoms with E-state index in [9.17, 15) is 10.1 Å². The molecule has 1 aromatic rings. The molecule has 1 N–H and O–H groups in total. The number of halogens is 1. The van der Waals surface area contributed by atoms with Crippen molar-refractivity contribution in [2.45, 2.75) is 31.8 Å². The summed E-state index contributed by atoms with van der Waals surface area (Å²) in [5.41, 5.74) is 0.957. The van der Waals surface area contributed by atoms with Gasteiger partial charge in [0.05, 0.1) is 9.95 Å². The van der Waals surface area contributed by atoms with E-state index >= 15 is 0 Å². The molecule has 0 radical (unpaired) electrons. The molecule has 1 heterocycles. The Morgan fingerprint density at radius 3 is 2.86 bits per heavy atom. The van der Waals surface area contributed by atoms with Crippen molar-refractivity contribution < 1.29 is 4.92 Å². The first-order valence-corrected chi connectivity index (χ1v) is 7.89. The molecule has 1 saturated carbocycles. The van der Waals surface area contributed by atoms with Crippen LogP contribution in [0.3, 0.4) is 0 Å². The van der Waals surface area contributed by atoms with Gasteiger partial charge in [0.1, 0.15) is 0 Å². The molecule has 1 aliphatic heterocycles. The second-order valence-electron chi connectivity index (χ2n) is 6.04. The Bertz CT molecular complexity index is 534. The van der Waals surface area contributed by atoms with Crippen LogP contribution in [0.1, 0.15) is 24.8 Å². The van der Waals surface area contributed by atoms with Crippen LogP contribution in [0.2, 0.25) is 5.02 Å². The van der Waals surface area contributed by atoms with E-state index in [-0.39, 0.29) is 5.69 Å². The smallest absolute Gasteiger partial charge is 0.270 e. The van der Waals surface area contributed by atoms with Crippen LogP contribution in [0.25, 0.3) is 0 Å². The molecule has 5 nitrogen and oxygen atoms in total. The van der Waals surface area contributed by atoms with E-state index < -0.39 is 4.92 Å². The Morgan fingerprint density at radius 2 is 2.19 bits per heavy atom. The highest BCUT2D eigenvalue weighted by Gasteiger charge is 2.33. The molecule has 6 heteroatoms. The first-order chi connectivity index (χ1) is 10.1. The average Bonchev–Trinajstić information content (AvgIpc) is 3.20. The van der Waals surface area contributed by atoms with Crippen molar-refractivity contribution >= 4 is 17.3 Å². The van der Waals surface area contributed by atoms with Gasteiger partial charge in [0.25, 0.3) is 5.69 Å². The predicted molar refractivity (Wildman–Crippen MR) is 82.5 cm³/mol. The highest BCUT2D eigenvalue weighted by atomic mass is 35.5. The lowest BCUT2D eigenvalue weighted by Gasteiger charge is -2.15. The molecule has 0 amide bonds. The van der Waals surface area contributed by atoms with Crippen LogP contribution in [0, 0.1) is 16.0 Å². The van der Waals surface area contributed by atoms with E-state index in [1.54, 1.807) is 6.07 Å². The quantitative estimate of drug-likeness (QED) is 0.648. The summed E-state index contributed by atoms with van der Waals surface area (Å²) in [6, 6.07) is 5.52. The number of nitro benzene ring substituents is 1. The van der Waals surface area contributed by atoms with Crippen molar-refractivity contribution in [3.8, 4) is 0 Å². The van der Waals surface area contributed by atoms with Crippen molar-refractivity contribution in [2.75, 3.05) is 19.6 Å². The third-order valence-corrected chi connectivity index (χ3v) is 4.73. The Labute approximate surface area is 129 Å². The standard InChI is InChI=1S/C15H20ClN3O2/c16-15-7-14(19(20)21)2-1-12(15)9-17-8-11-5-6-18(10-11)13-3-4-13/h1-2,7,11,13,17H,3-6,8-10H2. The molecule has 2 fully saturated rings. The Kier molecular flexibility index (Phi) is 4.42. The molecule has 1 aromatic carbocycles. The predicted octanol–water partition coefficient (Wildman–Crippen LogP) is 2.82. The van der Waals surface area contributed by atoms with Gasteiger partial charge in [-0.05, 0) is 49.9 Å². The van der Waals surface area contributed by atoms with Gasteiger partial charge in [-0.3, -0.25) is 10.1 Å². The molecule has 2 aliphatic rings. The Morgan fingerprint density at radius 1 is 1.38 bits per heavy atom. The van der Waals surface area contributed by atoms with E-state index in [4.69, 9.17) is 11.6 Å². The van der Waals surface area contributed by atoms with Gasteiger partial charge in [0, 0.05) is 31.3 Å². The second kappa shape index (κ2) is 6.30. The molecule has 1 unspecified atom stereocenters. The molecule has 114 valence electrons. The first kappa shape index (κ1) is 14.8. The number of non-ortho nitro benzene ring substituents is 1. The summed E-state index contributed by atoms with van der Waals surface area (Å²) in [5.74, 6) is 0.711. The fourth-order valence-corrected chi connectivity index (χ4v) is 3.25. The lowest BCUT2D eigenvalue weighted by molar-refractivity contribution is -0.384. The van der Waals surface area contributed by atoms with Crippen molar-refractivity contribution in [1.82, 2.24) is 10.2 Å². The molecule has 3 rings (SSSR count). The van der Waals surface area contributed by atoms with E-state index in [2.05, 4.69) is 10.2 Å². The number of likely N-dealkylation sites (tertiary alicyclic amines) is 1. The van der Waals surface area contributed by atoms with Gasteiger partial charge in [-0.1, -0.05) is 11.6 Å². The summed E-state index contributed by atoms with van der Waals surface area (Å²) in [7, 11) is 0. The van der Waals surface area contributed by atoms with Gasteiger partial charge in [-0.2, -0.15) is 0 Å². The van der Waals surface area contributed by atoms with Crippen LogP contribution in [0.5, 0.6) is 0 Å².